The number of aromatic nitrogens is 2. The molecule has 11 nitrogen and oxygen atoms in total. The zero-order valence-corrected chi connectivity index (χ0v) is 22.6. The summed E-state index contributed by atoms with van der Waals surface area (Å²) >= 11 is 6.05. The van der Waals surface area contributed by atoms with Gasteiger partial charge in [0.15, 0.2) is 3.95 Å². The lowest BCUT2D eigenvalue weighted by Crippen LogP contribution is -2.55. The Hall–Kier alpha value is -3.32. The van der Waals surface area contributed by atoms with Crippen molar-refractivity contribution in [3.8, 4) is 0 Å². The fourth-order valence-electron chi connectivity index (χ4n) is 3.91. The summed E-state index contributed by atoms with van der Waals surface area (Å²) < 4.78 is 5.82. The SMILES string of the molecule is CC(C)C[C@H](NC(=O)[C@@H]1CCCN1C(=O)OCc1ccccc1)C(=O)N[C@@H](C)C(=O)Nc1n[nH]c(=S)s1. The van der Waals surface area contributed by atoms with Crippen LogP contribution in [-0.2, 0) is 25.7 Å². The van der Waals surface area contributed by atoms with Crippen LogP contribution in [0, 0.1) is 9.87 Å². The van der Waals surface area contributed by atoms with E-state index in [1.54, 1.807) is 0 Å². The summed E-state index contributed by atoms with van der Waals surface area (Å²) in [7, 11) is 0. The molecule has 3 rings (SSSR count). The molecule has 0 saturated carbocycles. The van der Waals surface area contributed by atoms with Crippen molar-refractivity contribution in [1.82, 2.24) is 25.7 Å². The summed E-state index contributed by atoms with van der Waals surface area (Å²) in [6.07, 6.45) is 0.907. The van der Waals surface area contributed by atoms with E-state index in [9.17, 15) is 19.2 Å². The molecular formula is C24H32N6O5S2. The molecule has 1 aromatic carbocycles. The van der Waals surface area contributed by atoms with Gasteiger partial charge in [-0.15, -0.1) is 5.10 Å². The first-order chi connectivity index (χ1) is 17.6. The van der Waals surface area contributed by atoms with Crippen molar-refractivity contribution in [1.29, 1.82) is 0 Å². The third-order valence-corrected chi connectivity index (χ3v) is 6.76. The monoisotopic (exact) mass is 548 g/mol. The Morgan fingerprint density at radius 2 is 1.89 bits per heavy atom. The first-order valence-electron chi connectivity index (χ1n) is 12.1. The number of likely N-dealkylation sites (tertiary alicyclic amines) is 1. The molecule has 3 atom stereocenters. The molecule has 37 heavy (non-hydrogen) atoms. The number of hydrogen-bond acceptors (Lipinski definition) is 8. The van der Waals surface area contributed by atoms with Gasteiger partial charge in [0.05, 0.1) is 0 Å². The van der Waals surface area contributed by atoms with Crippen LogP contribution in [0.4, 0.5) is 9.93 Å². The van der Waals surface area contributed by atoms with Gasteiger partial charge < -0.3 is 15.4 Å². The van der Waals surface area contributed by atoms with E-state index in [0.29, 0.717) is 34.9 Å². The van der Waals surface area contributed by atoms with Crippen LogP contribution in [0.2, 0.25) is 0 Å². The lowest BCUT2D eigenvalue weighted by Gasteiger charge is -2.27. The summed E-state index contributed by atoms with van der Waals surface area (Å²) in [5.74, 6) is -1.30. The number of benzene rings is 1. The Bertz CT molecular complexity index is 1150. The van der Waals surface area contributed by atoms with Gasteiger partial charge in [-0.2, -0.15) is 0 Å². The van der Waals surface area contributed by atoms with Crippen LogP contribution in [0.3, 0.4) is 0 Å². The highest BCUT2D eigenvalue weighted by Crippen LogP contribution is 2.20. The van der Waals surface area contributed by atoms with Gasteiger partial charge in [-0.3, -0.25) is 29.7 Å². The number of hydrogen-bond donors (Lipinski definition) is 4. The number of nitrogens with zero attached hydrogens (tertiary/aromatic N) is 2. The van der Waals surface area contributed by atoms with Crippen molar-refractivity contribution in [3.05, 3.63) is 39.8 Å². The van der Waals surface area contributed by atoms with Gasteiger partial charge in [0.1, 0.15) is 24.7 Å². The van der Waals surface area contributed by atoms with Crippen molar-refractivity contribution < 1.29 is 23.9 Å². The highest BCUT2D eigenvalue weighted by atomic mass is 32.1. The summed E-state index contributed by atoms with van der Waals surface area (Å²) in [5.41, 5.74) is 0.848. The molecule has 4 N–H and O–H groups in total. The average molecular weight is 549 g/mol. The van der Waals surface area contributed by atoms with Crippen LogP contribution in [0.25, 0.3) is 0 Å². The molecule has 1 saturated heterocycles. The average Bonchev–Trinajstić information content (AvgIpc) is 3.51. The number of rotatable bonds is 10. The Kier molecular flexibility index (Phi) is 10.1. The van der Waals surface area contributed by atoms with E-state index in [-0.39, 0.29) is 12.5 Å². The molecule has 200 valence electrons. The van der Waals surface area contributed by atoms with E-state index in [2.05, 4.69) is 26.1 Å². The molecule has 13 heteroatoms. The second-order valence-corrected chi connectivity index (χ2v) is 10.9. The Morgan fingerprint density at radius 3 is 2.54 bits per heavy atom. The molecule has 1 aliphatic rings. The van der Waals surface area contributed by atoms with E-state index in [4.69, 9.17) is 17.0 Å². The molecule has 2 heterocycles. The molecule has 0 bridgehead atoms. The van der Waals surface area contributed by atoms with Crippen molar-refractivity contribution in [3.63, 3.8) is 0 Å². The minimum atomic E-state index is -0.882. The van der Waals surface area contributed by atoms with Crippen molar-refractivity contribution in [2.75, 3.05) is 11.9 Å². The third kappa shape index (κ3) is 8.35. The summed E-state index contributed by atoms with van der Waals surface area (Å²) in [4.78, 5) is 52.7. The van der Waals surface area contributed by atoms with Crippen molar-refractivity contribution >= 4 is 52.5 Å². The maximum atomic E-state index is 13.2. The van der Waals surface area contributed by atoms with Gasteiger partial charge in [-0.1, -0.05) is 55.5 Å². The molecule has 1 aliphatic heterocycles. The number of nitrogens with one attached hydrogen (secondary N) is 4. The minimum Gasteiger partial charge on any atom is -0.445 e. The van der Waals surface area contributed by atoms with Crippen LogP contribution in [0.5, 0.6) is 0 Å². The maximum Gasteiger partial charge on any atom is 0.410 e. The number of aromatic amines is 1. The molecule has 0 unspecified atom stereocenters. The summed E-state index contributed by atoms with van der Waals surface area (Å²) in [5, 5.41) is 14.8. The topological polar surface area (TPSA) is 146 Å². The number of carbonyl (C=O) groups excluding carboxylic acids is 4. The lowest BCUT2D eigenvalue weighted by atomic mass is 10.0. The number of H-pyrrole nitrogens is 1. The number of anilines is 1. The van der Waals surface area contributed by atoms with Gasteiger partial charge in [0.2, 0.25) is 22.9 Å². The fraction of sp³-hybridized carbons (Fsp3) is 0.500. The highest BCUT2D eigenvalue weighted by molar-refractivity contribution is 7.73. The largest absolute Gasteiger partial charge is 0.445 e. The second kappa shape index (κ2) is 13.3. The van der Waals surface area contributed by atoms with Gasteiger partial charge in [0, 0.05) is 6.54 Å². The predicted octanol–water partition coefficient (Wildman–Crippen LogP) is 2.98. The number of amides is 4. The Balaban J connectivity index is 1.58. The molecule has 0 aliphatic carbocycles. The third-order valence-electron chi connectivity index (χ3n) is 5.76. The molecule has 0 spiro atoms. The van der Waals surface area contributed by atoms with Crippen molar-refractivity contribution in [2.24, 2.45) is 5.92 Å². The van der Waals surface area contributed by atoms with E-state index in [1.165, 1.54) is 11.8 Å². The Labute approximate surface area is 224 Å². The van der Waals surface area contributed by atoms with Crippen LogP contribution in [-0.4, -0.2) is 63.6 Å². The first-order valence-corrected chi connectivity index (χ1v) is 13.3. The molecule has 1 fully saturated rings. The number of carbonyl (C=O) groups is 4. The van der Waals surface area contributed by atoms with Gasteiger partial charge >= 0.3 is 6.09 Å². The normalized spacial score (nSPS) is 16.6. The summed E-state index contributed by atoms with van der Waals surface area (Å²) in [6, 6.07) is 6.79. The van der Waals surface area contributed by atoms with E-state index in [1.807, 2.05) is 44.2 Å². The first kappa shape index (κ1) is 28.3. The van der Waals surface area contributed by atoms with Gasteiger partial charge in [-0.25, -0.2) is 4.79 Å². The van der Waals surface area contributed by atoms with Crippen LogP contribution in [0.15, 0.2) is 30.3 Å². The minimum absolute atomic E-state index is 0.0898. The van der Waals surface area contributed by atoms with Crippen LogP contribution >= 0.6 is 23.6 Å². The van der Waals surface area contributed by atoms with E-state index in [0.717, 1.165) is 16.9 Å². The molecular weight excluding hydrogens is 516 g/mol. The van der Waals surface area contributed by atoms with Crippen LogP contribution in [0.1, 0.15) is 45.6 Å². The molecule has 1 aromatic heterocycles. The lowest BCUT2D eigenvalue weighted by molar-refractivity contribution is -0.132. The molecule has 0 radical (unpaired) electrons. The quantitative estimate of drug-likeness (QED) is 0.334. The zero-order valence-electron chi connectivity index (χ0n) is 21.0. The number of ether oxygens (including phenoxy) is 1. The Morgan fingerprint density at radius 1 is 1.16 bits per heavy atom. The fourth-order valence-corrected chi connectivity index (χ4v) is 4.70. The van der Waals surface area contributed by atoms with Gasteiger partial charge in [0.25, 0.3) is 0 Å². The smallest absolute Gasteiger partial charge is 0.410 e. The second-order valence-electron chi connectivity index (χ2n) is 9.22. The van der Waals surface area contributed by atoms with Crippen molar-refractivity contribution in [2.45, 2.75) is 64.8 Å². The predicted molar refractivity (Wildman–Crippen MR) is 141 cm³/mol. The molecule has 2 aromatic rings. The van der Waals surface area contributed by atoms with E-state index >= 15 is 0 Å². The van der Waals surface area contributed by atoms with E-state index < -0.39 is 41.9 Å². The van der Waals surface area contributed by atoms with Crippen LogP contribution < -0.4 is 16.0 Å². The maximum absolute atomic E-state index is 13.2. The summed E-state index contributed by atoms with van der Waals surface area (Å²) in [6.45, 7) is 5.89. The van der Waals surface area contributed by atoms with Gasteiger partial charge in [-0.05, 0) is 49.9 Å². The zero-order chi connectivity index (χ0) is 26.9. The molecule has 4 amide bonds. The highest BCUT2D eigenvalue weighted by Gasteiger charge is 2.37. The standard InChI is InChI=1S/C24H32N6O5S2/c1-14(2)12-17(20(32)25-15(3)19(31)27-22-28-29-23(36)37-22)26-21(33)18-10-7-11-30(18)24(34)35-13-16-8-5-4-6-9-16/h4-6,8-9,14-15,17-18H,7,10-13H2,1-3H3,(H,25,32)(H,26,33)(H,29,36)(H,27,28,31)/t15-,17-,18-/m0/s1.